The van der Waals surface area contributed by atoms with Crippen LogP contribution in [0.25, 0.3) is 10.8 Å². The second-order valence-electron chi connectivity index (χ2n) is 5.15. The van der Waals surface area contributed by atoms with E-state index in [0.29, 0.717) is 11.4 Å². The van der Waals surface area contributed by atoms with E-state index in [4.69, 9.17) is 17.3 Å². The monoisotopic (exact) mass is 299 g/mol. The third-order valence-electron chi connectivity index (χ3n) is 3.66. The molecule has 3 aromatic carbocycles. The predicted molar refractivity (Wildman–Crippen MR) is 86.0 cm³/mol. The summed E-state index contributed by atoms with van der Waals surface area (Å²) in [6, 6.07) is 18.6. The van der Waals surface area contributed by atoms with Crippen LogP contribution in [-0.2, 0) is 6.42 Å². The molecule has 0 saturated carbocycles. The molecule has 1 unspecified atom stereocenters. The van der Waals surface area contributed by atoms with Gasteiger partial charge in [0.15, 0.2) is 0 Å². The second-order valence-corrected chi connectivity index (χ2v) is 5.56. The number of nitrogens with two attached hydrogens (primary N) is 1. The normalized spacial score (nSPS) is 12.5. The Balaban J connectivity index is 1.87. The average Bonchev–Trinajstić information content (AvgIpc) is 2.49. The van der Waals surface area contributed by atoms with Crippen LogP contribution >= 0.6 is 11.6 Å². The highest BCUT2D eigenvalue weighted by Crippen LogP contribution is 2.25. The van der Waals surface area contributed by atoms with Crippen LogP contribution in [0.4, 0.5) is 4.39 Å². The lowest BCUT2D eigenvalue weighted by molar-refractivity contribution is 0.625. The number of halogens is 2. The van der Waals surface area contributed by atoms with Gasteiger partial charge < -0.3 is 5.73 Å². The molecule has 0 spiro atoms. The molecule has 0 radical (unpaired) electrons. The van der Waals surface area contributed by atoms with Crippen LogP contribution in [-0.4, -0.2) is 0 Å². The molecule has 2 N–H and O–H groups in total. The molecular formula is C18H15ClFN. The highest BCUT2D eigenvalue weighted by Gasteiger charge is 2.11. The Morgan fingerprint density at radius 1 is 0.952 bits per heavy atom. The summed E-state index contributed by atoms with van der Waals surface area (Å²) in [7, 11) is 0. The van der Waals surface area contributed by atoms with E-state index in [1.165, 1.54) is 17.5 Å². The quantitative estimate of drug-likeness (QED) is 0.733. The van der Waals surface area contributed by atoms with Gasteiger partial charge in [-0.15, -0.1) is 0 Å². The summed E-state index contributed by atoms with van der Waals surface area (Å²) in [5.41, 5.74) is 8.18. The highest BCUT2D eigenvalue weighted by molar-refractivity contribution is 6.31. The highest BCUT2D eigenvalue weighted by atomic mass is 35.5. The lowest BCUT2D eigenvalue weighted by atomic mass is 9.97. The van der Waals surface area contributed by atoms with Gasteiger partial charge in [-0.05, 0) is 46.5 Å². The van der Waals surface area contributed by atoms with E-state index in [9.17, 15) is 4.39 Å². The summed E-state index contributed by atoms with van der Waals surface area (Å²) in [5.74, 6) is -0.331. The zero-order valence-electron chi connectivity index (χ0n) is 11.4. The predicted octanol–water partition coefficient (Wildman–Crippen LogP) is 4.87. The second kappa shape index (κ2) is 5.84. The Hall–Kier alpha value is -1.90. The third kappa shape index (κ3) is 3.07. The lowest BCUT2D eigenvalue weighted by Crippen LogP contribution is -2.13. The molecule has 3 rings (SSSR count). The maximum atomic E-state index is 13.1. The van der Waals surface area contributed by atoms with Crippen molar-refractivity contribution in [3.8, 4) is 0 Å². The SMILES string of the molecule is NC(Cc1ccc(F)cc1Cl)c1ccc2ccccc2c1. The summed E-state index contributed by atoms with van der Waals surface area (Å²) < 4.78 is 13.1. The topological polar surface area (TPSA) is 26.0 Å². The Morgan fingerprint density at radius 3 is 2.48 bits per heavy atom. The molecule has 0 fully saturated rings. The molecule has 0 aliphatic carbocycles. The first-order chi connectivity index (χ1) is 10.1. The van der Waals surface area contributed by atoms with Gasteiger partial charge in [0.25, 0.3) is 0 Å². The van der Waals surface area contributed by atoms with E-state index >= 15 is 0 Å². The molecule has 3 heteroatoms. The van der Waals surface area contributed by atoms with Crippen molar-refractivity contribution < 1.29 is 4.39 Å². The molecule has 0 heterocycles. The van der Waals surface area contributed by atoms with Gasteiger partial charge in [0.05, 0.1) is 0 Å². The third-order valence-corrected chi connectivity index (χ3v) is 4.01. The number of hydrogen-bond acceptors (Lipinski definition) is 1. The van der Waals surface area contributed by atoms with Gasteiger partial charge in [0.1, 0.15) is 5.82 Å². The first-order valence-electron chi connectivity index (χ1n) is 6.82. The van der Waals surface area contributed by atoms with Crippen LogP contribution in [0.1, 0.15) is 17.2 Å². The van der Waals surface area contributed by atoms with Gasteiger partial charge >= 0.3 is 0 Å². The molecule has 0 saturated heterocycles. The van der Waals surface area contributed by atoms with Crippen LogP contribution in [0.3, 0.4) is 0 Å². The Morgan fingerprint density at radius 2 is 1.71 bits per heavy atom. The van der Waals surface area contributed by atoms with Crippen molar-refractivity contribution in [2.75, 3.05) is 0 Å². The van der Waals surface area contributed by atoms with E-state index in [0.717, 1.165) is 16.5 Å². The molecule has 0 bridgehead atoms. The smallest absolute Gasteiger partial charge is 0.124 e. The summed E-state index contributed by atoms with van der Waals surface area (Å²) >= 11 is 6.06. The molecule has 1 nitrogen and oxygen atoms in total. The van der Waals surface area contributed by atoms with E-state index in [1.807, 2.05) is 18.2 Å². The summed E-state index contributed by atoms with van der Waals surface area (Å²) in [6.07, 6.45) is 0.581. The van der Waals surface area contributed by atoms with Crippen LogP contribution < -0.4 is 5.73 Å². The number of benzene rings is 3. The van der Waals surface area contributed by atoms with Gasteiger partial charge in [-0.1, -0.05) is 54.1 Å². The first-order valence-corrected chi connectivity index (χ1v) is 7.19. The van der Waals surface area contributed by atoms with Crippen LogP contribution in [0.5, 0.6) is 0 Å². The van der Waals surface area contributed by atoms with E-state index < -0.39 is 0 Å². The van der Waals surface area contributed by atoms with Gasteiger partial charge in [-0.3, -0.25) is 0 Å². The maximum absolute atomic E-state index is 13.1. The Kier molecular flexibility index (Phi) is 3.91. The minimum absolute atomic E-state index is 0.169. The molecule has 1 atom stereocenters. The lowest BCUT2D eigenvalue weighted by Gasteiger charge is -2.14. The summed E-state index contributed by atoms with van der Waals surface area (Å²) in [6.45, 7) is 0. The largest absolute Gasteiger partial charge is 0.324 e. The van der Waals surface area contributed by atoms with Gasteiger partial charge in [-0.25, -0.2) is 4.39 Å². The molecular weight excluding hydrogens is 285 g/mol. The van der Waals surface area contributed by atoms with Crippen molar-refractivity contribution in [2.24, 2.45) is 5.73 Å². The molecule has 3 aromatic rings. The Bertz CT molecular complexity index is 785. The standard InChI is InChI=1S/C18H15ClFN/c19-17-11-16(20)8-7-14(17)10-18(21)15-6-5-12-3-1-2-4-13(12)9-15/h1-9,11,18H,10,21H2. The van der Waals surface area contributed by atoms with E-state index in [-0.39, 0.29) is 11.9 Å². The van der Waals surface area contributed by atoms with E-state index in [1.54, 1.807) is 6.07 Å². The number of rotatable bonds is 3. The van der Waals surface area contributed by atoms with Crippen molar-refractivity contribution in [3.63, 3.8) is 0 Å². The molecule has 0 amide bonds. The van der Waals surface area contributed by atoms with Gasteiger partial charge in [-0.2, -0.15) is 0 Å². The summed E-state index contributed by atoms with van der Waals surface area (Å²) in [4.78, 5) is 0. The van der Waals surface area contributed by atoms with Crippen molar-refractivity contribution >= 4 is 22.4 Å². The van der Waals surface area contributed by atoms with Gasteiger partial charge in [0, 0.05) is 11.1 Å². The fourth-order valence-corrected chi connectivity index (χ4v) is 2.72. The van der Waals surface area contributed by atoms with Crippen LogP contribution in [0.15, 0.2) is 60.7 Å². The zero-order valence-corrected chi connectivity index (χ0v) is 12.1. The molecule has 0 aliphatic rings. The number of fused-ring (bicyclic) bond motifs is 1. The van der Waals surface area contributed by atoms with Crippen LogP contribution in [0, 0.1) is 5.82 Å². The van der Waals surface area contributed by atoms with E-state index in [2.05, 4.69) is 24.3 Å². The molecule has 106 valence electrons. The van der Waals surface area contributed by atoms with Crippen molar-refractivity contribution in [1.29, 1.82) is 0 Å². The van der Waals surface area contributed by atoms with Gasteiger partial charge in [0.2, 0.25) is 0 Å². The molecule has 0 aromatic heterocycles. The summed E-state index contributed by atoms with van der Waals surface area (Å²) in [5, 5.41) is 2.77. The van der Waals surface area contributed by atoms with Crippen molar-refractivity contribution in [1.82, 2.24) is 0 Å². The molecule has 21 heavy (non-hydrogen) atoms. The van der Waals surface area contributed by atoms with Crippen molar-refractivity contribution in [3.05, 3.63) is 82.6 Å². The Labute approximate surface area is 128 Å². The fourth-order valence-electron chi connectivity index (χ4n) is 2.48. The minimum Gasteiger partial charge on any atom is -0.324 e. The first kappa shape index (κ1) is 14.1. The van der Waals surface area contributed by atoms with Crippen molar-refractivity contribution in [2.45, 2.75) is 12.5 Å². The number of hydrogen-bond donors (Lipinski definition) is 1. The maximum Gasteiger partial charge on any atom is 0.124 e. The zero-order chi connectivity index (χ0) is 14.8. The minimum atomic E-state index is -0.331. The molecule has 0 aliphatic heterocycles. The fraction of sp³-hybridized carbons (Fsp3) is 0.111. The van der Waals surface area contributed by atoms with Crippen LogP contribution in [0.2, 0.25) is 5.02 Å². The average molecular weight is 300 g/mol.